The average Bonchev–Trinajstić information content (AvgIpc) is 2.76. The largest absolute Gasteiger partial charge is 0.497 e. The molecule has 1 heterocycles. The van der Waals surface area contributed by atoms with Crippen LogP contribution in [0.4, 0.5) is 16.2 Å². The van der Waals surface area contributed by atoms with Gasteiger partial charge in [-0.05, 0) is 54.3 Å². The molecule has 0 spiro atoms. The van der Waals surface area contributed by atoms with Crippen LogP contribution in [0.15, 0.2) is 82.6 Å². The smallest absolute Gasteiger partial charge is 0.327 e. The second-order valence-electron chi connectivity index (χ2n) is 7.78. The maximum Gasteiger partial charge on any atom is 0.327 e. The predicted octanol–water partition coefficient (Wildman–Crippen LogP) is 6.79. The lowest BCUT2D eigenvalue weighted by Gasteiger charge is -2.33. The topological polar surface area (TPSA) is 41.6 Å². The van der Waals surface area contributed by atoms with Crippen molar-refractivity contribution in [1.82, 2.24) is 5.32 Å². The molecule has 0 radical (unpaired) electrons. The number of nitrogens with zero attached hydrogens (tertiary/aromatic N) is 1. The Labute approximate surface area is 182 Å². The first-order chi connectivity index (χ1) is 14.6. The number of methoxy groups -OCH3 is 1. The van der Waals surface area contributed by atoms with Gasteiger partial charge in [0.1, 0.15) is 5.75 Å². The van der Waals surface area contributed by atoms with Crippen LogP contribution in [0.2, 0.25) is 0 Å². The summed E-state index contributed by atoms with van der Waals surface area (Å²) >= 11 is 1.70. The van der Waals surface area contributed by atoms with E-state index >= 15 is 0 Å². The standard InChI is InChI=1S/C25H26N2O2S/c1-17(2)16-20(18-12-14-19(29-3)15-13-18)26-25(28)27-21-8-4-6-10-23(21)30-24-11-7-5-9-22(24)27/h4-15,17,20H,16H2,1-3H3,(H,26,28). The van der Waals surface area contributed by atoms with E-state index < -0.39 is 0 Å². The summed E-state index contributed by atoms with van der Waals surface area (Å²) in [7, 11) is 1.66. The molecule has 0 saturated carbocycles. The van der Waals surface area contributed by atoms with Gasteiger partial charge in [-0.15, -0.1) is 0 Å². The number of fused-ring (bicyclic) bond motifs is 2. The fourth-order valence-corrected chi connectivity index (χ4v) is 4.78. The second kappa shape index (κ2) is 8.84. The molecule has 3 aromatic rings. The normalized spacial score (nSPS) is 13.4. The lowest BCUT2D eigenvalue weighted by molar-refractivity contribution is 0.242. The number of urea groups is 1. The first-order valence-electron chi connectivity index (χ1n) is 10.2. The molecule has 1 aliphatic heterocycles. The number of hydrogen-bond acceptors (Lipinski definition) is 3. The SMILES string of the molecule is COc1ccc(C(CC(C)C)NC(=O)N2c3ccccc3Sc3ccccc32)cc1. The Morgan fingerprint density at radius 2 is 1.50 bits per heavy atom. The Kier molecular flexibility index (Phi) is 6.00. The van der Waals surface area contributed by atoms with Crippen molar-refractivity contribution in [2.75, 3.05) is 12.0 Å². The van der Waals surface area contributed by atoms with Crippen molar-refractivity contribution in [3.05, 3.63) is 78.4 Å². The van der Waals surface area contributed by atoms with Crippen LogP contribution in [0.25, 0.3) is 0 Å². The van der Waals surface area contributed by atoms with Gasteiger partial charge in [-0.1, -0.05) is 62.0 Å². The molecule has 2 amide bonds. The van der Waals surface area contributed by atoms with Gasteiger partial charge in [-0.2, -0.15) is 0 Å². The van der Waals surface area contributed by atoms with Crippen molar-refractivity contribution in [1.29, 1.82) is 0 Å². The number of carbonyl (C=O) groups is 1. The molecule has 1 N–H and O–H groups in total. The van der Waals surface area contributed by atoms with E-state index in [9.17, 15) is 4.79 Å². The summed E-state index contributed by atoms with van der Waals surface area (Å²) in [4.78, 5) is 17.6. The van der Waals surface area contributed by atoms with Gasteiger partial charge < -0.3 is 10.1 Å². The van der Waals surface area contributed by atoms with Crippen LogP contribution in [0.5, 0.6) is 5.75 Å². The van der Waals surface area contributed by atoms with Crippen LogP contribution in [0.3, 0.4) is 0 Å². The minimum atomic E-state index is -0.114. The number of ether oxygens (including phenoxy) is 1. The molecule has 4 rings (SSSR count). The molecule has 5 heteroatoms. The molecule has 1 unspecified atom stereocenters. The molecule has 30 heavy (non-hydrogen) atoms. The summed E-state index contributed by atoms with van der Waals surface area (Å²) in [5, 5.41) is 3.29. The lowest BCUT2D eigenvalue weighted by Crippen LogP contribution is -2.40. The van der Waals surface area contributed by atoms with Gasteiger partial charge in [0.2, 0.25) is 0 Å². The maximum atomic E-state index is 13.6. The number of nitrogens with one attached hydrogen (secondary N) is 1. The molecule has 3 aromatic carbocycles. The molecule has 1 atom stereocenters. The van der Waals surface area contributed by atoms with Crippen molar-refractivity contribution in [3.8, 4) is 5.75 Å². The molecular weight excluding hydrogens is 392 g/mol. The van der Waals surface area contributed by atoms with E-state index in [1.165, 1.54) is 0 Å². The number of hydrogen-bond donors (Lipinski definition) is 1. The highest BCUT2D eigenvalue weighted by molar-refractivity contribution is 7.99. The summed E-state index contributed by atoms with van der Waals surface area (Å²) in [6, 6.07) is 23.8. The molecule has 0 saturated heterocycles. The quantitative estimate of drug-likeness (QED) is 0.496. The highest BCUT2D eigenvalue weighted by atomic mass is 32.2. The van der Waals surface area contributed by atoms with E-state index in [4.69, 9.17) is 4.74 Å². The molecular formula is C25H26N2O2S. The average molecular weight is 419 g/mol. The Hall–Kier alpha value is -2.92. The highest BCUT2D eigenvalue weighted by Crippen LogP contribution is 2.48. The first-order valence-corrected chi connectivity index (χ1v) is 11.0. The third kappa shape index (κ3) is 4.17. The maximum absolute atomic E-state index is 13.6. The van der Waals surface area contributed by atoms with E-state index in [1.807, 2.05) is 60.7 Å². The van der Waals surface area contributed by atoms with E-state index in [-0.39, 0.29) is 12.1 Å². The van der Waals surface area contributed by atoms with Crippen LogP contribution in [-0.4, -0.2) is 13.1 Å². The number of carbonyl (C=O) groups excluding carboxylic acids is 1. The number of anilines is 2. The van der Waals surface area contributed by atoms with Gasteiger partial charge in [-0.3, -0.25) is 4.90 Å². The Bertz CT molecular complexity index is 988. The van der Waals surface area contributed by atoms with Gasteiger partial charge in [-0.25, -0.2) is 4.79 Å². The molecule has 0 aliphatic carbocycles. The molecule has 4 nitrogen and oxygen atoms in total. The summed E-state index contributed by atoms with van der Waals surface area (Å²) in [6.45, 7) is 4.34. The predicted molar refractivity (Wildman–Crippen MR) is 123 cm³/mol. The van der Waals surface area contributed by atoms with Crippen LogP contribution < -0.4 is 15.0 Å². The zero-order valence-electron chi connectivity index (χ0n) is 17.5. The Morgan fingerprint density at radius 3 is 2.03 bits per heavy atom. The first kappa shape index (κ1) is 20.4. The fraction of sp³-hybridized carbons (Fsp3) is 0.240. The highest BCUT2D eigenvalue weighted by Gasteiger charge is 2.29. The monoisotopic (exact) mass is 418 g/mol. The minimum absolute atomic E-state index is 0.0858. The van der Waals surface area contributed by atoms with Gasteiger partial charge in [0.05, 0.1) is 24.5 Å². The third-order valence-corrected chi connectivity index (χ3v) is 6.29. The third-order valence-electron chi connectivity index (χ3n) is 5.16. The summed E-state index contributed by atoms with van der Waals surface area (Å²) < 4.78 is 5.29. The fourth-order valence-electron chi connectivity index (χ4n) is 3.72. The number of rotatable bonds is 5. The van der Waals surface area contributed by atoms with Crippen molar-refractivity contribution in [2.24, 2.45) is 5.92 Å². The molecule has 154 valence electrons. The molecule has 1 aliphatic rings. The lowest BCUT2D eigenvalue weighted by atomic mass is 9.97. The minimum Gasteiger partial charge on any atom is -0.497 e. The van der Waals surface area contributed by atoms with Crippen LogP contribution in [0.1, 0.15) is 31.9 Å². The van der Waals surface area contributed by atoms with Crippen molar-refractivity contribution in [3.63, 3.8) is 0 Å². The molecule has 0 aromatic heterocycles. The summed E-state index contributed by atoms with van der Waals surface area (Å²) in [6.07, 6.45) is 0.851. The molecule has 0 fully saturated rings. The second-order valence-corrected chi connectivity index (χ2v) is 8.86. The van der Waals surface area contributed by atoms with Gasteiger partial charge in [0.25, 0.3) is 0 Å². The van der Waals surface area contributed by atoms with Crippen LogP contribution in [0, 0.1) is 5.92 Å². The zero-order chi connectivity index (χ0) is 21.1. The van der Waals surface area contributed by atoms with E-state index in [1.54, 1.807) is 23.8 Å². The molecule has 0 bridgehead atoms. The Morgan fingerprint density at radius 1 is 0.933 bits per heavy atom. The summed E-state index contributed by atoms with van der Waals surface area (Å²) in [5.41, 5.74) is 2.90. The van der Waals surface area contributed by atoms with Gasteiger partial charge in [0.15, 0.2) is 0 Å². The van der Waals surface area contributed by atoms with Crippen LogP contribution >= 0.6 is 11.8 Å². The van der Waals surface area contributed by atoms with E-state index in [2.05, 4.69) is 31.3 Å². The van der Waals surface area contributed by atoms with Crippen LogP contribution in [-0.2, 0) is 0 Å². The number of amides is 2. The summed E-state index contributed by atoms with van der Waals surface area (Å²) in [5.74, 6) is 1.25. The van der Waals surface area contributed by atoms with E-state index in [0.717, 1.165) is 38.9 Å². The van der Waals surface area contributed by atoms with E-state index in [0.29, 0.717) is 5.92 Å². The van der Waals surface area contributed by atoms with Crippen molar-refractivity contribution >= 4 is 29.2 Å². The number of benzene rings is 3. The van der Waals surface area contributed by atoms with Crippen molar-refractivity contribution in [2.45, 2.75) is 36.1 Å². The van der Waals surface area contributed by atoms with Gasteiger partial charge >= 0.3 is 6.03 Å². The Balaban J connectivity index is 1.67. The zero-order valence-corrected chi connectivity index (χ0v) is 18.3. The number of para-hydroxylation sites is 2. The van der Waals surface area contributed by atoms with Gasteiger partial charge in [0, 0.05) is 9.79 Å². The van der Waals surface area contributed by atoms with Crippen molar-refractivity contribution < 1.29 is 9.53 Å².